The summed E-state index contributed by atoms with van der Waals surface area (Å²) in [6.45, 7) is -0.314. The van der Waals surface area contributed by atoms with Crippen LogP contribution in [0.5, 0.6) is 0 Å². The van der Waals surface area contributed by atoms with Crippen LogP contribution in [0.3, 0.4) is 0 Å². The second-order valence-corrected chi connectivity index (χ2v) is 8.10. The molecule has 0 amide bonds. The lowest BCUT2D eigenvalue weighted by atomic mass is 9.99. The number of carbonyl (C=O) groups is 1. The van der Waals surface area contributed by atoms with E-state index in [0.29, 0.717) is 5.56 Å². The van der Waals surface area contributed by atoms with Crippen LogP contribution in [-0.2, 0) is 16.7 Å². The summed E-state index contributed by atoms with van der Waals surface area (Å²) in [6.07, 6.45) is 0. The highest BCUT2D eigenvalue weighted by Gasteiger charge is 2.25. The van der Waals surface area contributed by atoms with Crippen molar-refractivity contribution in [1.29, 1.82) is 0 Å². The third kappa shape index (κ3) is 3.56. The van der Waals surface area contributed by atoms with Gasteiger partial charge in [0.15, 0.2) is 0 Å². The maximum Gasteiger partial charge on any atom is 0.337 e. The van der Waals surface area contributed by atoms with Crippen molar-refractivity contribution < 1.29 is 22.9 Å². The largest absolute Gasteiger partial charge is 0.478 e. The predicted octanol–water partition coefficient (Wildman–Crippen LogP) is 1.68. The first-order valence-corrected chi connectivity index (χ1v) is 10.4. The highest BCUT2D eigenvalue weighted by atomic mass is 32.2. The number of nitrogens with one attached hydrogen (secondary N) is 2. The Kier molecular flexibility index (Phi) is 4.84. The molecule has 0 radical (unpaired) electrons. The third-order valence-electron chi connectivity index (χ3n) is 4.78. The highest BCUT2D eigenvalue weighted by molar-refractivity contribution is 7.85. The molecule has 0 saturated heterocycles. The molecule has 0 bridgehead atoms. The zero-order valence-corrected chi connectivity index (χ0v) is 16.5. The minimum Gasteiger partial charge on any atom is -0.478 e. The monoisotopic (exact) mass is 441 g/mol. The Balaban J connectivity index is 1.98. The molecular formula is C20H15N3O7S. The lowest BCUT2D eigenvalue weighted by Crippen LogP contribution is -2.21. The summed E-state index contributed by atoms with van der Waals surface area (Å²) in [4.78, 5) is 39.8. The van der Waals surface area contributed by atoms with E-state index in [9.17, 15) is 32.5 Å². The SMILES string of the molecule is O=C(O)c1c(-c2ccccc2)c(=O)[nH]c2[nH]n(Cc3ccccc3S(=O)(=O)O)c(=O)c12. The van der Waals surface area contributed by atoms with E-state index < -0.39 is 37.7 Å². The van der Waals surface area contributed by atoms with Crippen LogP contribution in [-0.4, -0.2) is 38.8 Å². The Morgan fingerprint density at radius 3 is 2.29 bits per heavy atom. The Morgan fingerprint density at radius 1 is 1.00 bits per heavy atom. The van der Waals surface area contributed by atoms with Gasteiger partial charge in [0.25, 0.3) is 21.2 Å². The Morgan fingerprint density at radius 2 is 1.65 bits per heavy atom. The summed E-state index contributed by atoms with van der Waals surface area (Å²) in [5.74, 6) is -1.46. The zero-order valence-electron chi connectivity index (χ0n) is 15.7. The molecule has 0 unspecified atom stereocenters. The van der Waals surface area contributed by atoms with Crippen molar-refractivity contribution in [2.24, 2.45) is 0 Å². The van der Waals surface area contributed by atoms with E-state index in [1.807, 2.05) is 0 Å². The van der Waals surface area contributed by atoms with Gasteiger partial charge in [0.2, 0.25) is 0 Å². The first-order chi connectivity index (χ1) is 14.7. The quantitative estimate of drug-likeness (QED) is 0.342. The van der Waals surface area contributed by atoms with Gasteiger partial charge in [-0.1, -0.05) is 48.5 Å². The van der Waals surface area contributed by atoms with Crippen LogP contribution >= 0.6 is 0 Å². The van der Waals surface area contributed by atoms with Gasteiger partial charge in [-0.2, -0.15) is 8.42 Å². The topological polar surface area (TPSA) is 162 Å². The van der Waals surface area contributed by atoms with Crippen molar-refractivity contribution in [2.75, 3.05) is 0 Å². The van der Waals surface area contributed by atoms with Crippen molar-refractivity contribution in [3.05, 3.63) is 86.4 Å². The van der Waals surface area contributed by atoms with Gasteiger partial charge < -0.3 is 10.1 Å². The molecule has 11 heteroatoms. The van der Waals surface area contributed by atoms with Crippen molar-refractivity contribution >= 4 is 27.1 Å². The van der Waals surface area contributed by atoms with Crippen molar-refractivity contribution in [3.63, 3.8) is 0 Å². The molecule has 0 aliphatic heterocycles. The fourth-order valence-electron chi connectivity index (χ4n) is 3.48. The zero-order chi connectivity index (χ0) is 22.3. The summed E-state index contributed by atoms with van der Waals surface area (Å²) in [5, 5.41) is 12.2. The molecule has 0 spiro atoms. The fourth-order valence-corrected chi connectivity index (χ4v) is 4.20. The van der Waals surface area contributed by atoms with Gasteiger partial charge >= 0.3 is 5.97 Å². The summed E-state index contributed by atoms with van der Waals surface area (Å²) < 4.78 is 33.6. The lowest BCUT2D eigenvalue weighted by molar-refractivity contribution is 0.0699. The minimum atomic E-state index is -4.55. The molecule has 0 atom stereocenters. The summed E-state index contributed by atoms with van der Waals surface area (Å²) in [7, 11) is -4.55. The van der Waals surface area contributed by atoms with Crippen LogP contribution in [0.4, 0.5) is 0 Å². The summed E-state index contributed by atoms with van der Waals surface area (Å²) in [6, 6.07) is 13.6. The number of pyridine rings is 1. The average Bonchev–Trinajstić information content (AvgIpc) is 3.02. The number of benzene rings is 2. The number of aromatic nitrogens is 3. The number of carboxylic acid groups (broad SMARTS) is 1. The van der Waals surface area contributed by atoms with Gasteiger partial charge in [-0.15, -0.1) is 0 Å². The van der Waals surface area contributed by atoms with Crippen LogP contribution in [0.2, 0.25) is 0 Å². The Hall–Kier alpha value is -3.96. The first kappa shape index (κ1) is 20.3. The van der Waals surface area contributed by atoms with Crippen LogP contribution < -0.4 is 11.1 Å². The molecule has 0 aliphatic rings. The van der Waals surface area contributed by atoms with Gasteiger partial charge in [-0.3, -0.25) is 19.2 Å². The number of aromatic carboxylic acids is 1. The fraction of sp³-hybridized carbons (Fsp3) is 0.0500. The van der Waals surface area contributed by atoms with Crippen LogP contribution in [0.1, 0.15) is 15.9 Å². The maximum atomic E-state index is 13.0. The first-order valence-electron chi connectivity index (χ1n) is 8.91. The molecule has 4 rings (SSSR count). The van der Waals surface area contributed by atoms with Gasteiger partial charge in [0.1, 0.15) is 5.65 Å². The molecular weight excluding hydrogens is 426 g/mol. The molecule has 2 heterocycles. The van der Waals surface area contributed by atoms with Gasteiger partial charge in [0, 0.05) is 0 Å². The number of H-pyrrole nitrogens is 2. The number of carboxylic acids is 1. The molecule has 31 heavy (non-hydrogen) atoms. The van der Waals surface area contributed by atoms with E-state index in [2.05, 4.69) is 10.1 Å². The number of aromatic amines is 2. The molecule has 4 N–H and O–H groups in total. The van der Waals surface area contributed by atoms with Crippen LogP contribution in [0.25, 0.3) is 22.2 Å². The molecule has 0 fully saturated rings. The van der Waals surface area contributed by atoms with Crippen molar-refractivity contribution in [3.8, 4) is 11.1 Å². The average molecular weight is 441 g/mol. The van der Waals surface area contributed by atoms with Gasteiger partial charge in [-0.25, -0.2) is 9.48 Å². The van der Waals surface area contributed by atoms with Crippen molar-refractivity contribution in [2.45, 2.75) is 11.4 Å². The molecule has 10 nitrogen and oxygen atoms in total. The van der Waals surface area contributed by atoms with Crippen molar-refractivity contribution in [1.82, 2.24) is 14.8 Å². The molecule has 158 valence electrons. The van der Waals surface area contributed by atoms with Crippen LogP contribution in [0.15, 0.2) is 69.1 Å². The standard InChI is InChI=1S/C20H15N3O7S/c24-18-14(11-6-2-1-3-7-11)15(20(26)27)16-17(21-18)22-23(19(16)25)10-12-8-4-5-9-13(12)31(28,29)30/h1-9H,10H2,(H,26,27)(H2,21,22,24)(H,28,29,30). The number of fused-ring (bicyclic) bond motifs is 1. The number of hydrogen-bond donors (Lipinski definition) is 4. The van der Waals surface area contributed by atoms with E-state index in [1.54, 1.807) is 30.3 Å². The minimum absolute atomic E-state index is 0.0983. The molecule has 4 aromatic rings. The number of nitrogens with zero attached hydrogens (tertiary/aromatic N) is 1. The number of hydrogen-bond acceptors (Lipinski definition) is 5. The van der Waals surface area contributed by atoms with E-state index in [0.717, 1.165) is 4.68 Å². The van der Waals surface area contributed by atoms with Gasteiger partial charge in [-0.05, 0) is 17.2 Å². The summed E-state index contributed by atoms with van der Waals surface area (Å²) in [5.41, 5.74) is -1.80. The second kappa shape index (κ2) is 7.38. The van der Waals surface area contributed by atoms with E-state index >= 15 is 0 Å². The third-order valence-corrected chi connectivity index (χ3v) is 5.73. The molecule has 2 aromatic heterocycles. The van der Waals surface area contributed by atoms with E-state index in [1.165, 1.54) is 24.3 Å². The Labute approximate surface area is 174 Å². The molecule has 0 saturated carbocycles. The van der Waals surface area contributed by atoms with E-state index in [4.69, 9.17) is 0 Å². The maximum absolute atomic E-state index is 13.0. The normalized spacial score (nSPS) is 11.6. The summed E-state index contributed by atoms with van der Waals surface area (Å²) >= 11 is 0. The van der Waals surface area contributed by atoms with Crippen LogP contribution in [0, 0.1) is 0 Å². The smallest absolute Gasteiger partial charge is 0.337 e. The van der Waals surface area contributed by atoms with E-state index in [-0.39, 0.29) is 28.7 Å². The van der Waals surface area contributed by atoms with Gasteiger partial charge in [0.05, 0.1) is 28.0 Å². The lowest BCUT2D eigenvalue weighted by Gasteiger charge is -2.06. The highest BCUT2D eigenvalue weighted by Crippen LogP contribution is 2.24. The predicted molar refractivity (Wildman–Crippen MR) is 111 cm³/mol. The molecule has 0 aliphatic carbocycles. The Bertz CT molecular complexity index is 1550. The number of rotatable bonds is 5. The molecule has 2 aromatic carbocycles. The second-order valence-electron chi connectivity index (χ2n) is 6.71.